The summed E-state index contributed by atoms with van der Waals surface area (Å²) in [5, 5.41) is 13.1. The van der Waals surface area contributed by atoms with E-state index in [1.807, 2.05) is 0 Å². The van der Waals surface area contributed by atoms with Gasteiger partial charge in [-0.2, -0.15) is 31.4 Å². The number of carbonyl (C=O) groups excluding carboxylic acids is 1. The van der Waals surface area contributed by atoms with Gasteiger partial charge in [-0.1, -0.05) is 0 Å². The molecule has 13 heteroatoms. The minimum atomic E-state index is -5.03. The second-order valence-corrected chi connectivity index (χ2v) is 6.47. The lowest BCUT2D eigenvalue weighted by Crippen LogP contribution is -2.44. The Labute approximate surface area is 164 Å². The first kappa shape index (κ1) is 21.5. The summed E-state index contributed by atoms with van der Waals surface area (Å²) in [6.45, 7) is -1.28. The van der Waals surface area contributed by atoms with Crippen molar-refractivity contribution in [1.29, 1.82) is 0 Å². The monoisotopic (exact) mass is 437 g/mol. The first-order valence-corrected chi connectivity index (χ1v) is 8.31. The van der Waals surface area contributed by atoms with E-state index in [4.69, 9.17) is 4.74 Å². The number of hydrogen-bond donors (Lipinski definition) is 1. The van der Waals surface area contributed by atoms with Crippen molar-refractivity contribution in [2.45, 2.75) is 31.5 Å². The van der Waals surface area contributed by atoms with Gasteiger partial charge in [0.05, 0.1) is 29.9 Å². The number of nitrogens with zero attached hydrogens (tertiary/aromatic N) is 3. The lowest BCUT2D eigenvalue weighted by atomic mass is 10.1. The van der Waals surface area contributed by atoms with Crippen molar-refractivity contribution < 1.29 is 45.8 Å². The van der Waals surface area contributed by atoms with Crippen LogP contribution < -0.4 is 0 Å². The van der Waals surface area contributed by atoms with E-state index in [-0.39, 0.29) is 19.2 Å². The number of rotatable bonds is 3. The molecule has 1 aliphatic heterocycles. The second kappa shape index (κ2) is 7.54. The number of aromatic nitrogens is 2. The highest BCUT2D eigenvalue weighted by Crippen LogP contribution is 2.36. The highest BCUT2D eigenvalue weighted by molar-refractivity contribution is 5.74. The van der Waals surface area contributed by atoms with Crippen molar-refractivity contribution in [3.8, 4) is 0 Å². The van der Waals surface area contributed by atoms with Gasteiger partial charge in [-0.3, -0.25) is 9.58 Å². The highest BCUT2D eigenvalue weighted by Gasteiger charge is 2.37. The van der Waals surface area contributed by atoms with Crippen molar-refractivity contribution in [3.63, 3.8) is 0 Å². The van der Waals surface area contributed by atoms with Crippen molar-refractivity contribution in [2.75, 3.05) is 6.54 Å². The van der Waals surface area contributed by atoms with Gasteiger partial charge in [-0.15, -0.1) is 0 Å². The number of hydrogen-bond acceptors (Lipinski definition) is 4. The van der Waals surface area contributed by atoms with Crippen LogP contribution in [0.3, 0.4) is 0 Å². The molecule has 30 heavy (non-hydrogen) atoms. The molecule has 1 aromatic heterocycles. The van der Waals surface area contributed by atoms with Gasteiger partial charge in [0.25, 0.3) is 0 Å². The van der Waals surface area contributed by atoms with Gasteiger partial charge in [0.15, 0.2) is 6.04 Å². The molecule has 1 atom stereocenters. The lowest BCUT2D eigenvalue weighted by molar-refractivity contribution is -0.144. The Morgan fingerprint density at radius 1 is 1.10 bits per heavy atom. The molecule has 2 aromatic rings. The fourth-order valence-corrected chi connectivity index (χ4v) is 2.95. The van der Waals surface area contributed by atoms with Gasteiger partial charge in [0.1, 0.15) is 6.61 Å². The topological polar surface area (TPSA) is 84.7 Å². The molecule has 162 valence electrons. The molecule has 0 bridgehead atoms. The zero-order valence-electron chi connectivity index (χ0n) is 14.9. The quantitative estimate of drug-likeness (QED) is 0.741. The standard InChI is InChI=1S/C17H13F6N3O4/c18-16(19,20)10-3-9(4-11(5-10)17(21,22)23)8-30-15(29)25-6-12-1-2-24-26(12)13(7-25)14(27)28/h1-5,13H,6-8H2,(H,27,28). The van der Waals surface area contributed by atoms with E-state index in [1.54, 1.807) is 0 Å². The van der Waals surface area contributed by atoms with E-state index >= 15 is 0 Å². The van der Waals surface area contributed by atoms with Crippen LogP contribution in [0.25, 0.3) is 0 Å². The van der Waals surface area contributed by atoms with E-state index < -0.39 is 53.8 Å². The number of aliphatic carboxylic acids is 1. The summed E-state index contributed by atoms with van der Waals surface area (Å²) in [6.07, 6.45) is -9.80. The van der Waals surface area contributed by atoms with Crippen LogP contribution >= 0.6 is 0 Å². The summed E-state index contributed by atoms with van der Waals surface area (Å²) in [7, 11) is 0. The van der Waals surface area contributed by atoms with Gasteiger partial charge in [0, 0.05) is 6.20 Å². The molecule has 2 heterocycles. The molecule has 0 saturated heterocycles. The largest absolute Gasteiger partial charge is 0.480 e. The lowest BCUT2D eigenvalue weighted by Gasteiger charge is -2.31. The fourth-order valence-electron chi connectivity index (χ4n) is 2.95. The van der Waals surface area contributed by atoms with Crippen molar-refractivity contribution in [1.82, 2.24) is 14.7 Å². The maximum atomic E-state index is 12.9. The summed E-state index contributed by atoms with van der Waals surface area (Å²) < 4.78 is 83.5. The molecule has 0 fully saturated rings. The predicted octanol–water partition coefficient (Wildman–Crippen LogP) is 3.70. The van der Waals surface area contributed by atoms with E-state index in [0.717, 1.165) is 4.90 Å². The Balaban J connectivity index is 1.77. The Morgan fingerprint density at radius 3 is 2.23 bits per heavy atom. The molecule has 7 nitrogen and oxygen atoms in total. The number of benzene rings is 1. The summed E-state index contributed by atoms with van der Waals surface area (Å²) >= 11 is 0. The zero-order valence-corrected chi connectivity index (χ0v) is 14.9. The Bertz CT molecular complexity index is 937. The maximum Gasteiger partial charge on any atom is 0.416 e. The van der Waals surface area contributed by atoms with Crippen LogP contribution in [0.1, 0.15) is 28.4 Å². The van der Waals surface area contributed by atoms with E-state index in [9.17, 15) is 41.0 Å². The number of carbonyl (C=O) groups is 2. The fraction of sp³-hybridized carbons (Fsp3) is 0.353. The summed E-state index contributed by atoms with van der Waals surface area (Å²) in [6, 6.07) is 1.13. The first-order valence-electron chi connectivity index (χ1n) is 8.31. The third-order valence-corrected chi connectivity index (χ3v) is 4.35. The summed E-state index contributed by atoms with van der Waals surface area (Å²) in [4.78, 5) is 24.6. The third kappa shape index (κ3) is 4.49. The molecule has 1 amide bonds. The molecular weight excluding hydrogens is 424 g/mol. The van der Waals surface area contributed by atoms with Crippen LogP contribution in [0.4, 0.5) is 31.1 Å². The molecule has 0 spiro atoms. The third-order valence-electron chi connectivity index (χ3n) is 4.35. The minimum Gasteiger partial charge on any atom is -0.480 e. The minimum absolute atomic E-state index is 0.0332. The number of alkyl halides is 6. The van der Waals surface area contributed by atoms with Gasteiger partial charge in [-0.05, 0) is 29.8 Å². The number of carboxylic acid groups (broad SMARTS) is 1. The number of ether oxygens (including phenoxy) is 1. The van der Waals surface area contributed by atoms with Gasteiger partial charge >= 0.3 is 24.4 Å². The normalized spacial score (nSPS) is 16.9. The first-order chi connectivity index (χ1) is 13.9. The molecule has 3 rings (SSSR count). The average molecular weight is 437 g/mol. The molecule has 0 aliphatic carbocycles. The van der Waals surface area contributed by atoms with Crippen LogP contribution in [0.15, 0.2) is 30.5 Å². The predicted molar refractivity (Wildman–Crippen MR) is 85.9 cm³/mol. The van der Waals surface area contributed by atoms with Crippen LogP contribution in [0, 0.1) is 0 Å². The Hall–Kier alpha value is -3.25. The molecule has 1 unspecified atom stereocenters. The van der Waals surface area contributed by atoms with Crippen molar-refractivity contribution in [2.24, 2.45) is 0 Å². The number of carboxylic acids is 1. The summed E-state index contributed by atoms with van der Waals surface area (Å²) in [5.41, 5.74) is -3.20. The smallest absolute Gasteiger partial charge is 0.416 e. The number of fused-ring (bicyclic) bond motifs is 1. The Kier molecular flexibility index (Phi) is 5.39. The molecular formula is C17H13F6N3O4. The molecule has 1 aromatic carbocycles. The van der Waals surface area contributed by atoms with Gasteiger partial charge in [-0.25, -0.2) is 9.59 Å². The zero-order chi connectivity index (χ0) is 22.3. The molecule has 0 radical (unpaired) electrons. The van der Waals surface area contributed by atoms with E-state index in [0.29, 0.717) is 17.8 Å². The van der Waals surface area contributed by atoms with E-state index in [1.165, 1.54) is 16.9 Å². The Morgan fingerprint density at radius 2 is 1.70 bits per heavy atom. The number of amides is 1. The number of halogens is 6. The molecule has 1 aliphatic rings. The van der Waals surface area contributed by atoms with Gasteiger partial charge < -0.3 is 9.84 Å². The van der Waals surface area contributed by atoms with Crippen molar-refractivity contribution in [3.05, 3.63) is 52.8 Å². The highest BCUT2D eigenvalue weighted by atomic mass is 19.4. The summed E-state index contributed by atoms with van der Waals surface area (Å²) in [5.74, 6) is -1.27. The van der Waals surface area contributed by atoms with E-state index in [2.05, 4.69) is 5.10 Å². The van der Waals surface area contributed by atoms with Crippen LogP contribution in [-0.4, -0.2) is 38.4 Å². The van der Waals surface area contributed by atoms with Crippen molar-refractivity contribution >= 4 is 12.1 Å². The SMILES string of the molecule is O=C(O)C1CN(C(=O)OCc2cc(C(F)(F)F)cc(C(F)(F)F)c2)Cc2ccnn21. The average Bonchev–Trinajstić information content (AvgIpc) is 3.12. The van der Waals surface area contributed by atoms with Crippen LogP contribution in [0.5, 0.6) is 0 Å². The van der Waals surface area contributed by atoms with Crippen LogP contribution in [-0.2, 0) is 35.0 Å². The second-order valence-electron chi connectivity index (χ2n) is 6.47. The molecule has 1 N–H and O–H groups in total. The van der Waals surface area contributed by atoms with Gasteiger partial charge in [0.2, 0.25) is 0 Å². The van der Waals surface area contributed by atoms with Crippen LogP contribution in [0.2, 0.25) is 0 Å². The maximum absolute atomic E-state index is 12.9. The molecule has 0 saturated carbocycles.